The third-order valence-electron chi connectivity index (χ3n) is 0.785. The van der Waals surface area contributed by atoms with Crippen LogP contribution in [0.4, 0.5) is 0 Å². The van der Waals surface area contributed by atoms with Crippen LogP contribution in [0.1, 0.15) is 13.3 Å². The maximum Gasteiger partial charge on any atom is 0.151 e. The van der Waals surface area contributed by atoms with Gasteiger partial charge in [0, 0.05) is 12.3 Å². The van der Waals surface area contributed by atoms with E-state index in [0.717, 1.165) is 0 Å². The summed E-state index contributed by atoms with van der Waals surface area (Å²) in [5, 5.41) is -0.381. The van der Waals surface area contributed by atoms with Crippen LogP contribution in [0.5, 0.6) is 0 Å². The number of alkyl halides is 2. The van der Waals surface area contributed by atoms with Gasteiger partial charge in [0.05, 0.1) is 5.38 Å². The molecule has 0 amide bonds. The van der Waals surface area contributed by atoms with Crippen molar-refractivity contribution in [2.24, 2.45) is 0 Å². The van der Waals surface area contributed by atoms with E-state index in [1.165, 1.54) is 0 Å². The molecule has 48 valence electrons. The van der Waals surface area contributed by atoms with Crippen molar-refractivity contribution < 1.29 is 4.79 Å². The van der Waals surface area contributed by atoms with Gasteiger partial charge in [0.2, 0.25) is 0 Å². The normalized spacial score (nSPS) is 13.4. The maximum absolute atomic E-state index is 10.5. The topological polar surface area (TPSA) is 17.1 Å². The van der Waals surface area contributed by atoms with Crippen LogP contribution in [0.2, 0.25) is 0 Å². The van der Waals surface area contributed by atoms with Gasteiger partial charge in [-0.1, -0.05) is 0 Å². The second-order valence-electron chi connectivity index (χ2n) is 1.52. The summed E-state index contributed by atoms with van der Waals surface area (Å²) in [6, 6.07) is 0. The maximum atomic E-state index is 10.5. The number of carbonyl (C=O) groups is 1. The summed E-state index contributed by atoms with van der Waals surface area (Å²) >= 11 is 10.7. The molecule has 0 saturated carbocycles. The Balaban J connectivity index is 3.33. The largest absolute Gasteiger partial charge is 0.298 e. The Hall–Kier alpha value is 0.250. The van der Waals surface area contributed by atoms with Gasteiger partial charge in [0.15, 0.2) is 5.78 Å². The summed E-state index contributed by atoms with van der Waals surface area (Å²) in [7, 11) is 0. The summed E-state index contributed by atoms with van der Waals surface area (Å²) in [4.78, 5) is 10.5. The van der Waals surface area contributed by atoms with Gasteiger partial charge in [0.1, 0.15) is 0 Å². The number of ketones is 1. The zero-order valence-electron chi connectivity index (χ0n) is 4.66. The summed E-state index contributed by atoms with van der Waals surface area (Å²) in [6.07, 6.45) is 0.381. The molecule has 0 aromatic rings. The summed E-state index contributed by atoms with van der Waals surface area (Å²) in [6.45, 7) is 1.65. The molecular weight excluding hydrogens is 147 g/mol. The highest BCUT2D eigenvalue weighted by molar-refractivity contribution is 6.31. The standard InChI is InChI=1S/C5H8Cl2O/c1-4(7)5(8)2-3-6/h4H,2-3H2,1H3. The highest BCUT2D eigenvalue weighted by atomic mass is 35.5. The molecular formula is C5H8Cl2O. The second kappa shape index (κ2) is 4.16. The lowest BCUT2D eigenvalue weighted by Gasteiger charge is -1.95. The Labute approximate surface area is 59.0 Å². The minimum atomic E-state index is -0.381. The Bertz CT molecular complexity index is 80.5. The molecule has 1 nitrogen and oxygen atoms in total. The monoisotopic (exact) mass is 154 g/mol. The van der Waals surface area contributed by atoms with Crippen LogP contribution in [0.25, 0.3) is 0 Å². The first-order valence-electron chi connectivity index (χ1n) is 2.41. The van der Waals surface area contributed by atoms with Crippen molar-refractivity contribution in [3.05, 3.63) is 0 Å². The molecule has 0 radical (unpaired) electrons. The highest BCUT2D eigenvalue weighted by Gasteiger charge is 2.06. The van der Waals surface area contributed by atoms with Gasteiger partial charge in [-0.3, -0.25) is 4.79 Å². The predicted octanol–water partition coefficient (Wildman–Crippen LogP) is 1.81. The minimum Gasteiger partial charge on any atom is -0.298 e. The van der Waals surface area contributed by atoms with Crippen LogP contribution >= 0.6 is 23.2 Å². The van der Waals surface area contributed by atoms with Crippen LogP contribution < -0.4 is 0 Å². The van der Waals surface area contributed by atoms with E-state index >= 15 is 0 Å². The molecule has 0 heterocycles. The van der Waals surface area contributed by atoms with E-state index in [0.29, 0.717) is 12.3 Å². The van der Waals surface area contributed by atoms with Crippen LogP contribution in [0.3, 0.4) is 0 Å². The fourth-order valence-electron chi connectivity index (χ4n) is 0.292. The molecule has 0 N–H and O–H groups in total. The SMILES string of the molecule is CC(Cl)C(=O)CCCl. The van der Waals surface area contributed by atoms with Crippen molar-refractivity contribution in [3.63, 3.8) is 0 Å². The number of hydrogen-bond acceptors (Lipinski definition) is 1. The first-order valence-corrected chi connectivity index (χ1v) is 3.38. The molecule has 0 saturated heterocycles. The molecule has 0 aliphatic heterocycles. The fraction of sp³-hybridized carbons (Fsp3) is 0.800. The molecule has 0 aliphatic carbocycles. The lowest BCUT2D eigenvalue weighted by Crippen LogP contribution is -2.09. The van der Waals surface area contributed by atoms with Crippen molar-refractivity contribution in [1.82, 2.24) is 0 Å². The number of carbonyl (C=O) groups excluding carboxylic acids is 1. The van der Waals surface area contributed by atoms with Gasteiger partial charge in [0.25, 0.3) is 0 Å². The molecule has 1 atom stereocenters. The molecule has 0 aromatic carbocycles. The number of Topliss-reactive ketones (excluding diaryl/α,β-unsaturated/α-hetero) is 1. The Morgan fingerprint density at radius 2 is 2.25 bits per heavy atom. The summed E-state index contributed by atoms with van der Waals surface area (Å²) < 4.78 is 0. The van der Waals surface area contributed by atoms with Crippen LogP contribution in [0, 0.1) is 0 Å². The van der Waals surface area contributed by atoms with E-state index in [-0.39, 0.29) is 11.2 Å². The van der Waals surface area contributed by atoms with Crippen molar-refractivity contribution in [2.75, 3.05) is 5.88 Å². The average Bonchev–Trinajstić information content (AvgIpc) is 1.67. The quantitative estimate of drug-likeness (QED) is 0.568. The number of rotatable bonds is 3. The average molecular weight is 155 g/mol. The predicted molar refractivity (Wildman–Crippen MR) is 35.7 cm³/mol. The molecule has 8 heavy (non-hydrogen) atoms. The van der Waals surface area contributed by atoms with Crippen LogP contribution in [0.15, 0.2) is 0 Å². The zero-order chi connectivity index (χ0) is 6.57. The molecule has 0 spiro atoms. The van der Waals surface area contributed by atoms with Gasteiger partial charge in [-0.05, 0) is 6.92 Å². The third kappa shape index (κ3) is 3.28. The highest BCUT2D eigenvalue weighted by Crippen LogP contribution is 1.99. The number of hydrogen-bond donors (Lipinski definition) is 0. The Kier molecular flexibility index (Phi) is 4.29. The van der Waals surface area contributed by atoms with E-state index < -0.39 is 0 Å². The van der Waals surface area contributed by atoms with Gasteiger partial charge in [-0.25, -0.2) is 0 Å². The lowest BCUT2D eigenvalue weighted by atomic mass is 10.2. The molecule has 0 bridgehead atoms. The van der Waals surface area contributed by atoms with Crippen molar-refractivity contribution >= 4 is 29.0 Å². The molecule has 0 rings (SSSR count). The summed E-state index contributed by atoms with van der Waals surface area (Å²) in [5.74, 6) is 0.386. The lowest BCUT2D eigenvalue weighted by molar-refractivity contribution is -0.118. The van der Waals surface area contributed by atoms with Gasteiger partial charge < -0.3 is 0 Å². The number of halogens is 2. The Morgan fingerprint density at radius 1 is 1.75 bits per heavy atom. The molecule has 1 unspecified atom stereocenters. The van der Waals surface area contributed by atoms with Gasteiger partial charge >= 0.3 is 0 Å². The third-order valence-corrected chi connectivity index (χ3v) is 1.22. The first kappa shape index (κ1) is 8.25. The molecule has 0 fully saturated rings. The molecule has 0 aromatic heterocycles. The van der Waals surface area contributed by atoms with Crippen molar-refractivity contribution in [1.29, 1.82) is 0 Å². The second-order valence-corrected chi connectivity index (χ2v) is 2.55. The van der Waals surface area contributed by atoms with Gasteiger partial charge in [-0.15, -0.1) is 23.2 Å². The van der Waals surface area contributed by atoms with E-state index in [9.17, 15) is 4.79 Å². The van der Waals surface area contributed by atoms with E-state index in [4.69, 9.17) is 23.2 Å². The van der Waals surface area contributed by atoms with Gasteiger partial charge in [-0.2, -0.15) is 0 Å². The van der Waals surface area contributed by atoms with Crippen molar-refractivity contribution in [3.8, 4) is 0 Å². The Morgan fingerprint density at radius 3 is 2.38 bits per heavy atom. The van der Waals surface area contributed by atoms with Crippen LogP contribution in [-0.2, 0) is 4.79 Å². The zero-order valence-corrected chi connectivity index (χ0v) is 6.17. The molecule has 3 heteroatoms. The fourth-order valence-corrected chi connectivity index (χ4v) is 0.587. The van der Waals surface area contributed by atoms with E-state index in [2.05, 4.69) is 0 Å². The minimum absolute atomic E-state index is 0.0154. The first-order chi connectivity index (χ1) is 3.68. The van der Waals surface area contributed by atoms with Crippen molar-refractivity contribution in [2.45, 2.75) is 18.7 Å². The summed E-state index contributed by atoms with van der Waals surface area (Å²) in [5.41, 5.74) is 0. The van der Waals surface area contributed by atoms with E-state index in [1.54, 1.807) is 6.92 Å². The molecule has 0 aliphatic rings. The smallest absolute Gasteiger partial charge is 0.151 e. The van der Waals surface area contributed by atoms with E-state index in [1.807, 2.05) is 0 Å². The van der Waals surface area contributed by atoms with Crippen LogP contribution in [-0.4, -0.2) is 17.0 Å².